The number of carboxylic acid groups (broad SMARTS) is 1. The van der Waals surface area contributed by atoms with Crippen LogP contribution in [0.5, 0.6) is 5.75 Å². The van der Waals surface area contributed by atoms with Crippen LogP contribution in [0.25, 0.3) is 0 Å². The summed E-state index contributed by atoms with van der Waals surface area (Å²) in [6.45, 7) is 1.33. The minimum atomic E-state index is -0.785. The zero-order chi connectivity index (χ0) is 14.5. The van der Waals surface area contributed by atoms with Gasteiger partial charge in [-0.15, -0.1) is 0 Å². The Kier molecular flexibility index (Phi) is 4.61. The van der Waals surface area contributed by atoms with Gasteiger partial charge in [0.1, 0.15) is 5.75 Å². The molecule has 1 heterocycles. The third-order valence-electron chi connectivity index (χ3n) is 3.69. The van der Waals surface area contributed by atoms with Crippen LogP contribution in [-0.2, 0) is 4.79 Å². The van der Waals surface area contributed by atoms with Crippen molar-refractivity contribution in [1.29, 1.82) is 0 Å². The molecule has 0 aromatic heterocycles. The highest BCUT2D eigenvalue weighted by atomic mass is 16.4. The van der Waals surface area contributed by atoms with Gasteiger partial charge in [0.25, 0.3) is 5.91 Å². The lowest BCUT2D eigenvalue weighted by atomic mass is 9.93. The smallest absolute Gasteiger partial charge is 0.303 e. The topological polar surface area (TPSA) is 77.8 Å². The Bertz CT molecular complexity index is 483. The second-order valence-electron chi connectivity index (χ2n) is 5.24. The standard InChI is InChI=1S/C15H19NO4/c17-13-6-4-12(5-7-13)15(20)16-9-1-2-11(10-16)3-8-14(18)19/h4-7,11,17H,1-3,8-10H2,(H,18,19). The Hall–Kier alpha value is -2.04. The highest BCUT2D eigenvalue weighted by molar-refractivity contribution is 5.94. The number of likely N-dealkylation sites (tertiary alicyclic amines) is 1. The van der Waals surface area contributed by atoms with Crippen molar-refractivity contribution in [1.82, 2.24) is 4.90 Å². The number of carboxylic acids is 1. The lowest BCUT2D eigenvalue weighted by Gasteiger charge is -2.32. The van der Waals surface area contributed by atoms with Crippen molar-refractivity contribution in [2.24, 2.45) is 5.92 Å². The number of hydrogen-bond donors (Lipinski definition) is 2. The van der Waals surface area contributed by atoms with Crippen LogP contribution in [0, 0.1) is 5.92 Å². The summed E-state index contributed by atoms with van der Waals surface area (Å²) in [6.07, 6.45) is 2.67. The molecule has 1 unspecified atom stereocenters. The molecule has 20 heavy (non-hydrogen) atoms. The first-order chi connectivity index (χ1) is 9.56. The molecule has 1 aromatic carbocycles. The monoisotopic (exact) mass is 277 g/mol. The van der Waals surface area contributed by atoms with Crippen LogP contribution in [0.15, 0.2) is 24.3 Å². The van der Waals surface area contributed by atoms with Gasteiger partial charge in [-0.25, -0.2) is 0 Å². The van der Waals surface area contributed by atoms with E-state index in [-0.39, 0.29) is 24.0 Å². The SMILES string of the molecule is O=C(O)CCC1CCCN(C(=O)c2ccc(O)cc2)C1. The fraction of sp³-hybridized carbons (Fsp3) is 0.467. The predicted molar refractivity (Wildman–Crippen MR) is 73.6 cm³/mol. The largest absolute Gasteiger partial charge is 0.508 e. The van der Waals surface area contributed by atoms with Crippen molar-refractivity contribution in [3.05, 3.63) is 29.8 Å². The van der Waals surface area contributed by atoms with Crippen LogP contribution in [0.2, 0.25) is 0 Å². The minimum absolute atomic E-state index is 0.0509. The molecule has 1 fully saturated rings. The number of hydrogen-bond acceptors (Lipinski definition) is 3. The van der Waals surface area contributed by atoms with Crippen LogP contribution >= 0.6 is 0 Å². The van der Waals surface area contributed by atoms with E-state index in [1.54, 1.807) is 17.0 Å². The van der Waals surface area contributed by atoms with E-state index in [2.05, 4.69) is 0 Å². The number of amides is 1. The van der Waals surface area contributed by atoms with E-state index in [0.717, 1.165) is 12.8 Å². The number of aromatic hydroxyl groups is 1. The van der Waals surface area contributed by atoms with E-state index in [4.69, 9.17) is 5.11 Å². The Morgan fingerprint density at radius 3 is 2.60 bits per heavy atom. The zero-order valence-electron chi connectivity index (χ0n) is 11.3. The van der Waals surface area contributed by atoms with Gasteiger partial charge in [0.15, 0.2) is 0 Å². The molecule has 5 nitrogen and oxygen atoms in total. The molecule has 0 bridgehead atoms. The highest BCUT2D eigenvalue weighted by Gasteiger charge is 2.24. The summed E-state index contributed by atoms with van der Waals surface area (Å²) in [5, 5.41) is 18.0. The maximum absolute atomic E-state index is 12.3. The summed E-state index contributed by atoms with van der Waals surface area (Å²) in [6, 6.07) is 6.22. The number of benzene rings is 1. The number of piperidine rings is 1. The van der Waals surface area contributed by atoms with Crippen LogP contribution < -0.4 is 0 Å². The molecule has 2 N–H and O–H groups in total. The van der Waals surface area contributed by atoms with Crippen LogP contribution in [-0.4, -0.2) is 40.1 Å². The number of carbonyl (C=O) groups excluding carboxylic acids is 1. The molecule has 108 valence electrons. The first-order valence-corrected chi connectivity index (χ1v) is 6.86. The highest BCUT2D eigenvalue weighted by Crippen LogP contribution is 2.23. The number of phenols is 1. The van der Waals surface area contributed by atoms with E-state index in [1.807, 2.05) is 0 Å². The molecule has 0 saturated carbocycles. The van der Waals surface area contributed by atoms with Crippen molar-refractivity contribution >= 4 is 11.9 Å². The number of aliphatic carboxylic acids is 1. The number of rotatable bonds is 4. The van der Waals surface area contributed by atoms with Gasteiger partial charge in [0.05, 0.1) is 0 Å². The maximum Gasteiger partial charge on any atom is 0.303 e. The lowest BCUT2D eigenvalue weighted by Crippen LogP contribution is -2.40. The second-order valence-corrected chi connectivity index (χ2v) is 5.24. The average Bonchev–Trinajstić information content (AvgIpc) is 2.45. The van der Waals surface area contributed by atoms with Crippen molar-refractivity contribution in [2.75, 3.05) is 13.1 Å². The van der Waals surface area contributed by atoms with Gasteiger partial charge >= 0.3 is 5.97 Å². The van der Waals surface area contributed by atoms with E-state index in [9.17, 15) is 14.7 Å². The molecule has 1 amide bonds. The fourth-order valence-electron chi connectivity index (χ4n) is 2.60. The minimum Gasteiger partial charge on any atom is -0.508 e. The molecule has 2 rings (SSSR count). The van der Waals surface area contributed by atoms with Gasteiger partial charge in [-0.05, 0) is 49.4 Å². The summed E-state index contributed by atoms with van der Waals surface area (Å²) >= 11 is 0. The van der Waals surface area contributed by atoms with E-state index < -0.39 is 5.97 Å². The Morgan fingerprint density at radius 2 is 1.95 bits per heavy atom. The second kappa shape index (κ2) is 6.41. The Balaban J connectivity index is 1.96. The summed E-state index contributed by atoms with van der Waals surface area (Å²) in [5.74, 6) is -0.433. The van der Waals surface area contributed by atoms with Crippen molar-refractivity contribution < 1.29 is 19.8 Å². The van der Waals surface area contributed by atoms with E-state index in [0.29, 0.717) is 25.1 Å². The molecular formula is C15H19NO4. The van der Waals surface area contributed by atoms with Crippen LogP contribution in [0.1, 0.15) is 36.0 Å². The molecule has 0 aliphatic carbocycles. The summed E-state index contributed by atoms with van der Waals surface area (Å²) in [4.78, 5) is 24.7. The summed E-state index contributed by atoms with van der Waals surface area (Å²) < 4.78 is 0. The average molecular weight is 277 g/mol. The number of nitrogens with zero attached hydrogens (tertiary/aromatic N) is 1. The molecule has 1 atom stereocenters. The van der Waals surface area contributed by atoms with E-state index >= 15 is 0 Å². The quantitative estimate of drug-likeness (QED) is 0.883. The van der Waals surface area contributed by atoms with Gasteiger partial charge in [-0.1, -0.05) is 0 Å². The molecule has 1 aromatic rings. The zero-order valence-corrected chi connectivity index (χ0v) is 11.3. The molecule has 1 aliphatic heterocycles. The summed E-state index contributed by atoms with van der Waals surface area (Å²) in [7, 11) is 0. The lowest BCUT2D eigenvalue weighted by molar-refractivity contribution is -0.137. The molecule has 0 radical (unpaired) electrons. The third kappa shape index (κ3) is 3.73. The van der Waals surface area contributed by atoms with Gasteiger partial charge in [-0.2, -0.15) is 0 Å². The van der Waals surface area contributed by atoms with Crippen LogP contribution in [0.3, 0.4) is 0 Å². The van der Waals surface area contributed by atoms with Gasteiger partial charge in [0.2, 0.25) is 0 Å². The van der Waals surface area contributed by atoms with Crippen molar-refractivity contribution in [3.63, 3.8) is 0 Å². The van der Waals surface area contributed by atoms with E-state index in [1.165, 1.54) is 12.1 Å². The molecule has 1 aliphatic rings. The van der Waals surface area contributed by atoms with Gasteiger partial charge < -0.3 is 15.1 Å². The number of carbonyl (C=O) groups is 2. The normalized spacial score (nSPS) is 18.8. The van der Waals surface area contributed by atoms with Crippen molar-refractivity contribution in [3.8, 4) is 5.75 Å². The fourth-order valence-corrected chi connectivity index (χ4v) is 2.60. The molecule has 1 saturated heterocycles. The van der Waals surface area contributed by atoms with Crippen LogP contribution in [0.4, 0.5) is 0 Å². The predicted octanol–water partition coefficient (Wildman–Crippen LogP) is 2.11. The van der Waals surface area contributed by atoms with Gasteiger partial charge in [0, 0.05) is 25.1 Å². The van der Waals surface area contributed by atoms with Crippen molar-refractivity contribution in [2.45, 2.75) is 25.7 Å². The molecular weight excluding hydrogens is 258 g/mol. The first kappa shape index (κ1) is 14.4. The summed E-state index contributed by atoms with van der Waals surface area (Å²) in [5.41, 5.74) is 0.557. The third-order valence-corrected chi connectivity index (χ3v) is 3.69. The number of phenolic OH excluding ortho intramolecular Hbond substituents is 1. The molecule has 5 heteroatoms. The Morgan fingerprint density at radius 1 is 1.25 bits per heavy atom. The Labute approximate surface area is 117 Å². The first-order valence-electron chi connectivity index (χ1n) is 6.86. The van der Waals surface area contributed by atoms with Gasteiger partial charge in [-0.3, -0.25) is 9.59 Å². The maximum atomic E-state index is 12.3. The molecule has 0 spiro atoms.